The molecule has 15 aromatic carbocycles. The van der Waals surface area contributed by atoms with Crippen LogP contribution in [0.25, 0.3) is 166 Å². The maximum atomic E-state index is 2.41. The van der Waals surface area contributed by atoms with Crippen LogP contribution in [-0.2, 0) is 13.1 Å². The molecule has 0 aliphatic rings. The maximum Gasteiger partial charge on any atom is 0.0491 e. The van der Waals surface area contributed by atoms with Crippen molar-refractivity contribution in [2.45, 2.75) is 40.8 Å². The number of aromatic nitrogens is 2. The molecule has 2 heteroatoms. The van der Waals surface area contributed by atoms with E-state index in [9.17, 15) is 0 Å². The lowest BCUT2D eigenvalue weighted by Crippen LogP contribution is -1.93. The second-order valence-electron chi connectivity index (χ2n) is 23.4. The van der Waals surface area contributed by atoms with Crippen LogP contribution in [0.15, 0.2) is 255 Å². The SMILES string of the molecule is CCn1c2ccccc2c2cc(/C=C/c3ccc(-c4ccc(/C=C/c5ccc6c(c5)c5ccccc5n6CC)cc4)cc3)ccc21.Cc1cc(-c2ccc3ccc4cccc5ccc2c3c45)c(C)cc1-c1ccc2ccc3cccc4ccc1c2c34. The molecule has 0 amide bonds. The van der Waals surface area contributed by atoms with E-state index in [0.29, 0.717) is 0 Å². The van der Waals surface area contributed by atoms with Gasteiger partial charge in [-0.25, -0.2) is 0 Å². The Balaban J connectivity index is 0.000000141. The molecule has 0 fully saturated rings. The minimum absolute atomic E-state index is 0.966. The van der Waals surface area contributed by atoms with Crippen LogP contribution in [0.4, 0.5) is 0 Å². The zero-order chi connectivity index (χ0) is 57.6. The van der Waals surface area contributed by atoms with Crippen molar-refractivity contribution in [1.82, 2.24) is 9.13 Å². The zero-order valence-electron chi connectivity index (χ0n) is 48.9. The van der Waals surface area contributed by atoms with Gasteiger partial charge >= 0.3 is 0 Å². The standard InChI is InChI=1S/C44H36N2.C40H26/c1-3-45-41-11-7-5-9-37(41)39-29-33(21-27-43(39)45)15-13-31-17-23-35(24-18-31)36-25-19-32(20-26-36)14-16-34-22-28-44-40(30-34)38-10-6-8-12-42(38)46(44)4-2;1-23-21-36(32-18-14-30-12-10-26-6-4-8-28-16-20-34(32)40(30)38(26)28)24(2)22-35(23)31-17-13-29-11-9-25-5-3-7-27-15-19-33(31)39(29)37(25)27/h5-30H,3-4H2,1-2H3;3-22H,1-2H3/b15-13+,16-14+;. The fraction of sp³-hybridized carbons (Fsp3) is 0.0714. The van der Waals surface area contributed by atoms with Crippen molar-refractivity contribution in [2.75, 3.05) is 0 Å². The first-order valence-electron chi connectivity index (χ1n) is 30.4. The van der Waals surface area contributed by atoms with Crippen LogP contribution in [0.2, 0.25) is 0 Å². The second kappa shape index (κ2) is 20.7. The van der Waals surface area contributed by atoms with Gasteiger partial charge in [0.15, 0.2) is 0 Å². The third kappa shape index (κ3) is 8.46. The van der Waals surface area contributed by atoms with Gasteiger partial charge in [-0.3, -0.25) is 0 Å². The van der Waals surface area contributed by atoms with Gasteiger partial charge in [-0.2, -0.15) is 0 Å². The summed E-state index contributed by atoms with van der Waals surface area (Å²) in [7, 11) is 0. The molecule has 0 unspecified atom stereocenters. The lowest BCUT2D eigenvalue weighted by atomic mass is 9.85. The lowest BCUT2D eigenvalue weighted by Gasteiger charge is -2.19. The molecule has 0 saturated heterocycles. The smallest absolute Gasteiger partial charge is 0.0491 e. The molecule has 0 spiro atoms. The van der Waals surface area contributed by atoms with E-state index in [1.807, 2.05) is 0 Å². The van der Waals surface area contributed by atoms with Crippen LogP contribution in [0.5, 0.6) is 0 Å². The van der Waals surface area contributed by atoms with Gasteiger partial charge < -0.3 is 9.13 Å². The molecule has 0 saturated carbocycles. The van der Waals surface area contributed by atoms with Crippen LogP contribution in [0.1, 0.15) is 47.2 Å². The van der Waals surface area contributed by atoms with E-state index in [0.717, 1.165) is 13.1 Å². The molecule has 0 aliphatic heterocycles. The Labute approximate surface area is 501 Å². The van der Waals surface area contributed by atoms with E-state index in [4.69, 9.17) is 0 Å². The molecule has 0 radical (unpaired) electrons. The Kier molecular flexibility index (Phi) is 12.3. The van der Waals surface area contributed by atoms with E-state index < -0.39 is 0 Å². The van der Waals surface area contributed by atoms with Crippen molar-refractivity contribution in [3.63, 3.8) is 0 Å². The maximum absolute atomic E-state index is 2.41. The summed E-state index contributed by atoms with van der Waals surface area (Å²) in [6, 6.07) is 94.2. The topological polar surface area (TPSA) is 9.86 Å². The predicted molar refractivity (Wildman–Crippen MR) is 374 cm³/mol. The van der Waals surface area contributed by atoms with Crippen molar-refractivity contribution >= 4 is 133 Å². The molecule has 0 bridgehead atoms. The van der Waals surface area contributed by atoms with Crippen LogP contribution >= 0.6 is 0 Å². The largest absolute Gasteiger partial charge is 0.341 e. The monoisotopic (exact) mass is 1100 g/mol. The van der Waals surface area contributed by atoms with Crippen LogP contribution in [0.3, 0.4) is 0 Å². The van der Waals surface area contributed by atoms with Gasteiger partial charge in [0.05, 0.1) is 0 Å². The highest BCUT2D eigenvalue weighted by atomic mass is 15.0. The molecule has 0 aliphatic carbocycles. The van der Waals surface area contributed by atoms with Crippen molar-refractivity contribution < 1.29 is 0 Å². The van der Waals surface area contributed by atoms with Crippen molar-refractivity contribution in [3.05, 3.63) is 288 Å². The third-order valence-electron chi connectivity index (χ3n) is 18.5. The number of benzene rings is 15. The van der Waals surface area contributed by atoms with Gasteiger partial charge in [0.25, 0.3) is 0 Å². The Bertz CT molecular complexity index is 5170. The first-order valence-corrected chi connectivity index (χ1v) is 30.4. The molecular formula is C84H62N2. The highest BCUT2D eigenvalue weighted by molar-refractivity contribution is 6.27. The summed E-state index contributed by atoms with van der Waals surface area (Å²) in [4.78, 5) is 0. The number of nitrogens with zero attached hydrogens (tertiary/aromatic N) is 2. The molecular weight excluding hydrogens is 1040 g/mol. The molecule has 17 rings (SSSR count). The van der Waals surface area contributed by atoms with Crippen LogP contribution in [0, 0.1) is 13.8 Å². The molecule has 0 atom stereocenters. The Morgan fingerprint density at radius 2 is 0.593 bits per heavy atom. The van der Waals surface area contributed by atoms with E-state index in [1.54, 1.807) is 0 Å². The number of hydrogen-bond acceptors (Lipinski definition) is 0. The summed E-state index contributed by atoms with van der Waals surface area (Å²) in [5.41, 5.74) is 20.3. The second-order valence-corrected chi connectivity index (χ2v) is 23.4. The van der Waals surface area contributed by atoms with Crippen molar-refractivity contribution in [1.29, 1.82) is 0 Å². The fourth-order valence-electron chi connectivity index (χ4n) is 14.3. The molecule has 0 N–H and O–H groups in total. The van der Waals surface area contributed by atoms with E-state index in [1.165, 1.54) is 175 Å². The number of aryl methyl sites for hydroxylation is 4. The minimum atomic E-state index is 0.966. The molecule has 2 aromatic heterocycles. The molecule has 408 valence electrons. The molecule has 2 heterocycles. The molecule has 2 nitrogen and oxygen atoms in total. The Morgan fingerprint density at radius 3 is 1.00 bits per heavy atom. The number of hydrogen-bond donors (Lipinski definition) is 0. The first kappa shape index (κ1) is 51.1. The normalized spacial score (nSPS) is 12.2. The average Bonchev–Trinajstić information content (AvgIpc) is 1.74. The summed E-state index contributed by atoms with van der Waals surface area (Å²) in [5, 5.41) is 21.3. The van der Waals surface area contributed by atoms with Gasteiger partial charge in [0.1, 0.15) is 0 Å². The molecule has 86 heavy (non-hydrogen) atoms. The fourth-order valence-corrected chi connectivity index (χ4v) is 14.3. The highest BCUT2D eigenvalue weighted by Crippen LogP contribution is 2.44. The Morgan fingerprint density at radius 1 is 0.256 bits per heavy atom. The van der Waals surface area contributed by atoms with Gasteiger partial charge in [0.2, 0.25) is 0 Å². The minimum Gasteiger partial charge on any atom is -0.341 e. The summed E-state index contributed by atoms with van der Waals surface area (Å²) >= 11 is 0. The van der Waals surface area contributed by atoms with Gasteiger partial charge in [-0.15, -0.1) is 0 Å². The van der Waals surface area contributed by atoms with E-state index in [2.05, 4.69) is 316 Å². The summed E-state index contributed by atoms with van der Waals surface area (Å²) in [6.45, 7) is 10.9. The summed E-state index contributed by atoms with van der Waals surface area (Å²) in [5.74, 6) is 0. The number of para-hydroxylation sites is 2. The van der Waals surface area contributed by atoms with Crippen molar-refractivity contribution in [2.24, 2.45) is 0 Å². The van der Waals surface area contributed by atoms with E-state index >= 15 is 0 Å². The average molecular weight is 1100 g/mol. The number of rotatable bonds is 9. The van der Waals surface area contributed by atoms with Crippen molar-refractivity contribution in [3.8, 4) is 33.4 Å². The van der Waals surface area contributed by atoms with Gasteiger partial charge in [-0.05, 0) is 195 Å². The van der Waals surface area contributed by atoms with Gasteiger partial charge in [-0.1, -0.05) is 243 Å². The third-order valence-corrected chi connectivity index (χ3v) is 18.5. The summed E-state index contributed by atoms with van der Waals surface area (Å²) < 4.78 is 4.79. The lowest BCUT2D eigenvalue weighted by molar-refractivity contribution is 0.827. The Hall–Kier alpha value is -10.5. The van der Waals surface area contributed by atoms with Gasteiger partial charge in [0, 0.05) is 56.7 Å². The first-order chi connectivity index (χ1) is 42.3. The van der Waals surface area contributed by atoms with E-state index in [-0.39, 0.29) is 0 Å². The highest BCUT2D eigenvalue weighted by Gasteiger charge is 2.18. The zero-order valence-corrected chi connectivity index (χ0v) is 48.9. The quantitative estimate of drug-likeness (QED) is 0.101. The number of fused-ring (bicyclic) bond motifs is 6. The predicted octanol–water partition coefficient (Wildman–Crippen LogP) is 23.4. The van der Waals surface area contributed by atoms with Crippen LogP contribution < -0.4 is 0 Å². The summed E-state index contributed by atoms with van der Waals surface area (Å²) in [6.07, 6.45) is 8.84. The van der Waals surface area contributed by atoms with Crippen LogP contribution in [-0.4, -0.2) is 9.13 Å². The molecule has 17 aromatic rings.